The van der Waals surface area contributed by atoms with Gasteiger partial charge in [-0.15, -0.1) is 16.8 Å². The summed E-state index contributed by atoms with van der Waals surface area (Å²) in [6, 6.07) is 6.66. The van der Waals surface area contributed by atoms with Crippen molar-refractivity contribution in [3.63, 3.8) is 0 Å². The maximum atomic E-state index is 12.3. The number of halogens is 1. The number of nitrogens with two attached hydrogens (primary N) is 1. The molecule has 0 spiro atoms. The number of carbonyl (C=O) groups is 1. The number of amides is 1. The summed E-state index contributed by atoms with van der Waals surface area (Å²) in [6.07, 6.45) is 0.799. The van der Waals surface area contributed by atoms with Crippen LogP contribution in [0.3, 0.4) is 0 Å². The number of sulfonamides is 1. The summed E-state index contributed by atoms with van der Waals surface area (Å²) in [5, 5.41) is 0. The third-order valence-electron chi connectivity index (χ3n) is 3.92. The maximum absolute atomic E-state index is 12.3. The summed E-state index contributed by atoms with van der Waals surface area (Å²) in [5.74, 6) is 0.243. The van der Waals surface area contributed by atoms with Gasteiger partial charge in [0.1, 0.15) is 4.90 Å². The molecule has 7 nitrogen and oxygen atoms in total. The number of fused-ring (bicyclic) bond motifs is 1. The summed E-state index contributed by atoms with van der Waals surface area (Å²) in [6.45, 7) is 1.28. The van der Waals surface area contributed by atoms with E-state index in [-0.39, 0.29) is 35.8 Å². The van der Waals surface area contributed by atoms with E-state index in [1.165, 1.54) is 6.07 Å². The third kappa shape index (κ3) is 3.34. The fourth-order valence-electron chi connectivity index (χ4n) is 2.76. The minimum atomic E-state index is -3.66. The molecule has 1 saturated heterocycles. The van der Waals surface area contributed by atoms with E-state index < -0.39 is 10.0 Å². The van der Waals surface area contributed by atoms with Crippen molar-refractivity contribution < 1.29 is 13.2 Å². The molecule has 9 heteroatoms. The molecule has 2 aliphatic rings. The van der Waals surface area contributed by atoms with E-state index in [1.54, 1.807) is 35.0 Å². The first-order chi connectivity index (χ1) is 10.4. The lowest BCUT2D eigenvalue weighted by atomic mass is 10.2. The normalized spacial score (nSPS) is 21.4. The molecule has 2 aliphatic heterocycles. The van der Waals surface area contributed by atoms with Gasteiger partial charge in [-0.25, -0.2) is 0 Å². The fraction of sp³-hybridized carbons (Fsp3) is 0.429. The number of amidine groups is 1. The number of rotatable bonds is 2. The van der Waals surface area contributed by atoms with Crippen LogP contribution in [0.5, 0.6) is 0 Å². The Morgan fingerprint density at radius 1 is 1.43 bits per heavy atom. The summed E-state index contributed by atoms with van der Waals surface area (Å²) < 4.78 is 27.9. The van der Waals surface area contributed by atoms with Gasteiger partial charge in [0.2, 0.25) is 5.91 Å². The molecule has 2 N–H and O–H groups in total. The molecule has 1 atom stereocenters. The molecule has 23 heavy (non-hydrogen) atoms. The number of benzene rings is 1. The molecule has 1 fully saturated rings. The number of likely N-dealkylation sites (tertiary alicyclic amines) is 1. The van der Waals surface area contributed by atoms with Crippen molar-refractivity contribution in [1.29, 1.82) is 0 Å². The van der Waals surface area contributed by atoms with Gasteiger partial charge in [-0.3, -0.25) is 4.79 Å². The van der Waals surface area contributed by atoms with Crippen LogP contribution in [0.2, 0.25) is 0 Å². The zero-order valence-corrected chi connectivity index (χ0v) is 14.3. The van der Waals surface area contributed by atoms with Gasteiger partial charge < -0.3 is 15.5 Å². The first-order valence-corrected chi connectivity index (χ1v) is 8.51. The number of hydrogen-bond donors (Lipinski definition) is 1. The minimum Gasteiger partial charge on any atom is -0.349 e. The van der Waals surface area contributed by atoms with Gasteiger partial charge in [-0.1, -0.05) is 12.1 Å². The van der Waals surface area contributed by atoms with E-state index >= 15 is 0 Å². The molecule has 0 unspecified atom stereocenters. The van der Waals surface area contributed by atoms with E-state index in [0.717, 1.165) is 6.42 Å². The monoisotopic (exact) mass is 358 g/mol. The number of carbonyl (C=O) groups excluding carboxylic acids is 1. The van der Waals surface area contributed by atoms with Crippen LogP contribution in [-0.4, -0.2) is 62.7 Å². The summed E-state index contributed by atoms with van der Waals surface area (Å²) in [5.41, 5.74) is 6.34. The average molecular weight is 359 g/mol. The second kappa shape index (κ2) is 6.46. The molecule has 0 saturated carbocycles. The predicted molar refractivity (Wildman–Crippen MR) is 89.2 cm³/mol. The standard InChI is InChI=1S/C14H18N4O3S.ClH/c1-17(9-13(19)18-7-6-10(15)8-18)14-11-4-2-3-5-12(11)22(20,21)16-14;/h2-5,10H,6-9,15H2,1H3;1H/t10-;/m1./s1. The van der Waals surface area contributed by atoms with Gasteiger partial charge in [0.15, 0.2) is 5.84 Å². The maximum Gasteiger partial charge on any atom is 0.285 e. The molecule has 1 amide bonds. The SMILES string of the molecule is CN(CC(=O)N1CC[C@@H](N)C1)C1=NS(=O)(=O)c2ccccc21.Cl. The molecule has 1 aromatic carbocycles. The second-order valence-corrected chi connectivity index (χ2v) is 7.20. The van der Waals surface area contributed by atoms with Crippen LogP contribution >= 0.6 is 12.4 Å². The summed E-state index contributed by atoms with van der Waals surface area (Å²) in [7, 11) is -1.99. The Kier molecular flexibility index (Phi) is 4.98. The Labute approximate surface area is 141 Å². The van der Waals surface area contributed by atoms with Crippen molar-refractivity contribution in [3.05, 3.63) is 29.8 Å². The highest BCUT2D eigenvalue weighted by molar-refractivity contribution is 7.90. The molecular weight excluding hydrogens is 340 g/mol. The van der Waals surface area contributed by atoms with Crippen molar-refractivity contribution in [1.82, 2.24) is 9.80 Å². The van der Waals surface area contributed by atoms with Crippen molar-refractivity contribution >= 4 is 34.2 Å². The van der Waals surface area contributed by atoms with Crippen LogP contribution in [0.4, 0.5) is 0 Å². The lowest BCUT2D eigenvalue weighted by Crippen LogP contribution is -2.41. The van der Waals surface area contributed by atoms with Crippen LogP contribution in [-0.2, 0) is 14.8 Å². The number of hydrogen-bond acceptors (Lipinski definition) is 5. The molecule has 0 aromatic heterocycles. The Morgan fingerprint density at radius 2 is 2.13 bits per heavy atom. The largest absolute Gasteiger partial charge is 0.349 e. The van der Waals surface area contributed by atoms with Gasteiger partial charge in [0.05, 0.1) is 6.54 Å². The Morgan fingerprint density at radius 3 is 2.78 bits per heavy atom. The number of likely N-dealkylation sites (N-methyl/N-ethyl adjacent to an activating group) is 1. The first-order valence-electron chi connectivity index (χ1n) is 7.07. The van der Waals surface area contributed by atoms with Crippen molar-refractivity contribution in [2.45, 2.75) is 17.4 Å². The molecule has 0 bridgehead atoms. The Hall–Kier alpha value is -1.64. The van der Waals surface area contributed by atoms with Gasteiger partial charge in [0, 0.05) is 31.7 Å². The van der Waals surface area contributed by atoms with E-state index in [4.69, 9.17) is 5.73 Å². The topological polar surface area (TPSA) is 96.1 Å². The zero-order chi connectivity index (χ0) is 15.9. The molecule has 2 heterocycles. The fourth-order valence-corrected chi connectivity index (χ4v) is 4.01. The highest BCUT2D eigenvalue weighted by atomic mass is 35.5. The number of nitrogens with zero attached hydrogens (tertiary/aromatic N) is 3. The van der Waals surface area contributed by atoms with Crippen LogP contribution in [0.15, 0.2) is 33.6 Å². The second-order valence-electron chi connectivity index (χ2n) is 5.63. The third-order valence-corrected chi connectivity index (χ3v) is 5.25. The average Bonchev–Trinajstić information content (AvgIpc) is 3.02. The Bertz CT molecular complexity index is 750. The smallest absolute Gasteiger partial charge is 0.285 e. The van der Waals surface area contributed by atoms with Crippen LogP contribution in [0.25, 0.3) is 0 Å². The quantitative estimate of drug-likeness (QED) is 0.805. The van der Waals surface area contributed by atoms with E-state index in [2.05, 4.69) is 4.40 Å². The molecule has 0 aliphatic carbocycles. The minimum absolute atomic E-state index is 0. The van der Waals surface area contributed by atoms with Gasteiger partial charge in [0.25, 0.3) is 10.0 Å². The lowest BCUT2D eigenvalue weighted by molar-refractivity contribution is -0.130. The van der Waals surface area contributed by atoms with E-state index in [1.807, 2.05) is 0 Å². The van der Waals surface area contributed by atoms with Crippen molar-refractivity contribution in [2.75, 3.05) is 26.7 Å². The first kappa shape index (κ1) is 17.7. The van der Waals surface area contributed by atoms with Crippen molar-refractivity contribution in [3.8, 4) is 0 Å². The van der Waals surface area contributed by atoms with Gasteiger partial charge in [-0.2, -0.15) is 8.42 Å². The zero-order valence-electron chi connectivity index (χ0n) is 12.7. The molecule has 0 radical (unpaired) electrons. The molecule has 3 rings (SSSR count). The van der Waals surface area contributed by atoms with Crippen molar-refractivity contribution in [2.24, 2.45) is 10.1 Å². The van der Waals surface area contributed by atoms with E-state index in [9.17, 15) is 13.2 Å². The molecule has 1 aromatic rings. The highest BCUT2D eigenvalue weighted by Gasteiger charge is 2.32. The highest BCUT2D eigenvalue weighted by Crippen LogP contribution is 2.26. The van der Waals surface area contributed by atoms with Crippen LogP contribution in [0, 0.1) is 0 Å². The molecular formula is C14H19ClN4O3S. The Balaban J connectivity index is 0.00000192. The predicted octanol–water partition coefficient (Wildman–Crippen LogP) is 0.0487. The van der Waals surface area contributed by atoms with Crippen LogP contribution in [0.1, 0.15) is 12.0 Å². The van der Waals surface area contributed by atoms with Crippen LogP contribution < -0.4 is 5.73 Å². The van der Waals surface area contributed by atoms with Gasteiger partial charge in [-0.05, 0) is 18.6 Å². The van der Waals surface area contributed by atoms with E-state index in [0.29, 0.717) is 24.5 Å². The molecule has 126 valence electrons. The lowest BCUT2D eigenvalue weighted by Gasteiger charge is -2.22. The summed E-state index contributed by atoms with van der Waals surface area (Å²) in [4.78, 5) is 15.7. The summed E-state index contributed by atoms with van der Waals surface area (Å²) >= 11 is 0. The van der Waals surface area contributed by atoms with Gasteiger partial charge >= 0.3 is 0 Å².